The van der Waals surface area contributed by atoms with E-state index in [1.807, 2.05) is 30.5 Å². The minimum atomic E-state index is 0.842. The van der Waals surface area contributed by atoms with Gasteiger partial charge in [-0.3, -0.25) is 0 Å². The fraction of sp³-hybridized carbons (Fsp3) is 0.273. The van der Waals surface area contributed by atoms with Gasteiger partial charge < -0.3 is 4.74 Å². The summed E-state index contributed by atoms with van der Waals surface area (Å²) < 4.78 is 6.85. The van der Waals surface area contributed by atoms with Crippen molar-refractivity contribution in [2.24, 2.45) is 0 Å². The van der Waals surface area contributed by atoms with Gasteiger partial charge in [-0.2, -0.15) is 0 Å². The lowest BCUT2D eigenvalue weighted by Gasteiger charge is -2.01. The van der Waals surface area contributed by atoms with Gasteiger partial charge in [0.2, 0.25) is 0 Å². The number of hydrogen-bond donors (Lipinski definition) is 0. The summed E-state index contributed by atoms with van der Waals surface area (Å²) in [6.45, 7) is 2.06. The lowest BCUT2D eigenvalue weighted by Crippen LogP contribution is -1.94. The number of rotatable bonds is 3. The van der Waals surface area contributed by atoms with Crippen LogP contribution in [0.3, 0.4) is 0 Å². The second kappa shape index (κ2) is 4.13. The fourth-order valence-corrected chi connectivity index (χ4v) is 1.32. The Morgan fingerprint density at radius 2 is 2.00 bits per heavy atom. The Morgan fingerprint density at radius 1 is 1.27 bits per heavy atom. The van der Waals surface area contributed by atoms with Gasteiger partial charge in [-0.25, -0.2) is 4.68 Å². The van der Waals surface area contributed by atoms with Gasteiger partial charge in [0.1, 0.15) is 5.75 Å². The van der Waals surface area contributed by atoms with Gasteiger partial charge in [0.15, 0.2) is 0 Å². The molecule has 4 heteroatoms. The molecule has 1 aromatic carbocycles. The highest BCUT2D eigenvalue weighted by Crippen LogP contribution is 2.14. The first-order valence-corrected chi connectivity index (χ1v) is 4.89. The number of benzene rings is 1. The molecule has 0 bridgehead atoms. The number of nitrogens with zero attached hydrogens (tertiary/aromatic N) is 3. The smallest absolute Gasteiger partial charge is 0.119 e. The van der Waals surface area contributed by atoms with Crippen LogP contribution in [0.4, 0.5) is 0 Å². The Hall–Kier alpha value is -1.84. The van der Waals surface area contributed by atoms with Crippen molar-refractivity contribution in [3.05, 3.63) is 36.2 Å². The van der Waals surface area contributed by atoms with Crippen LogP contribution in [0.25, 0.3) is 5.69 Å². The standard InChI is InChI=1S/C11H13N3O/c1-3-9-8-14(13-12-9)10-4-6-11(15-2)7-5-10/h4-8H,3H2,1-2H3. The van der Waals surface area contributed by atoms with Crippen molar-refractivity contribution in [2.45, 2.75) is 13.3 Å². The van der Waals surface area contributed by atoms with E-state index in [0.717, 1.165) is 23.6 Å². The Bertz CT molecular complexity index is 433. The van der Waals surface area contributed by atoms with E-state index < -0.39 is 0 Å². The van der Waals surface area contributed by atoms with Gasteiger partial charge in [-0.1, -0.05) is 12.1 Å². The number of methoxy groups -OCH3 is 1. The summed E-state index contributed by atoms with van der Waals surface area (Å²) in [5, 5.41) is 8.07. The van der Waals surface area contributed by atoms with Crippen molar-refractivity contribution in [1.29, 1.82) is 0 Å². The van der Waals surface area contributed by atoms with Gasteiger partial charge in [0.25, 0.3) is 0 Å². The molecular formula is C11H13N3O. The molecule has 2 aromatic rings. The number of ether oxygens (including phenoxy) is 1. The third-order valence-electron chi connectivity index (χ3n) is 2.24. The maximum Gasteiger partial charge on any atom is 0.119 e. The molecule has 2 rings (SSSR count). The van der Waals surface area contributed by atoms with Gasteiger partial charge in [-0.15, -0.1) is 5.10 Å². The summed E-state index contributed by atoms with van der Waals surface area (Å²) >= 11 is 0. The molecule has 0 atom stereocenters. The molecule has 1 heterocycles. The van der Waals surface area contributed by atoms with Crippen molar-refractivity contribution in [1.82, 2.24) is 15.0 Å². The number of aromatic nitrogens is 3. The fourth-order valence-electron chi connectivity index (χ4n) is 1.32. The second-order valence-electron chi connectivity index (χ2n) is 3.21. The largest absolute Gasteiger partial charge is 0.497 e. The molecule has 0 unspecified atom stereocenters. The first-order valence-electron chi connectivity index (χ1n) is 4.89. The molecule has 0 spiro atoms. The highest BCUT2D eigenvalue weighted by atomic mass is 16.5. The predicted octanol–water partition coefficient (Wildman–Crippen LogP) is 1.84. The molecule has 0 fully saturated rings. The molecule has 4 nitrogen and oxygen atoms in total. The highest BCUT2D eigenvalue weighted by molar-refractivity contribution is 5.36. The van der Waals surface area contributed by atoms with E-state index in [1.54, 1.807) is 11.8 Å². The van der Waals surface area contributed by atoms with E-state index in [1.165, 1.54) is 0 Å². The number of hydrogen-bond acceptors (Lipinski definition) is 3. The Balaban J connectivity index is 2.28. The molecule has 0 aliphatic heterocycles. The van der Waals surface area contributed by atoms with Crippen LogP contribution in [-0.2, 0) is 6.42 Å². The van der Waals surface area contributed by atoms with E-state index in [2.05, 4.69) is 17.2 Å². The van der Waals surface area contributed by atoms with Crippen LogP contribution in [0.5, 0.6) is 5.75 Å². The van der Waals surface area contributed by atoms with Gasteiger partial charge >= 0.3 is 0 Å². The molecule has 0 N–H and O–H groups in total. The normalized spacial score (nSPS) is 10.3. The topological polar surface area (TPSA) is 39.9 Å². The van der Waals surface area contributed by atoms with E-state index in [9.17, 15) is 0 Å². The van der Waals surface area contributed by atoms with E-state index in [-0.39, 0.29) is 0 Å². The molecule has 0 aliphatic rings. The lowest BCUT2D eigenvalue weighted by molar-refractivity contribution is 0.414. The highest BCUT2D eigenvalue weighted by Gasteiger charge is 2.00. The molecular weight excluding hydrogens is 190 g/mol. The Morgan fingerprint density at radius 3 is 2.53 bits per heavy atom. The first-order chi connectivity index (χ1) is 7.33. The van der Waals surface area contributed by atoms with E-state index >= 15 is 0 Å². The summed E-state index contributed by atoms with van der Waals surface area (Å²) in [4.78, 5) is 0. The Labute approximate surface area is 88.5 Å². The average Bonchev–Trinajstić information content (AvgIpc) is 2.78. The Kier molecular flexibility index (Phi) is 2.67. The van der Waals surface area contributed by atoms with Crippen LogP contribution in [0.1, 0.15) is 12.6 Å². The molecule has 15 heavy (non-hydrogen) atoms. The van der Waals surface area contributed by atoms with Crippen LogP contribution in [0.2, 0.25) is 0 Å². The quantitative estimate of drug-likeness (QED) is 0.764. The van der Waals surface area contributed by atoms with Crippen molar-refractivity contribution in [3.8, 4) is 11.4 Å². The van der Waals surface area contributed by atoms with Gasteiger partial charge in [0.05, 0.1) is 24.7 Å². The lowest BCUT2D eigenvalue weighted by atomic mass is 10.3. The number of aryl methyl sites for hydroxylation is 1. The summed E-state index contributed by atoms with van der Waals surface area (Å²) in [7, 11) is 1.65. The third-order valence-corrected chi connectivity index (χ3v) is 2.24. The van der Waals surface area contributed by atoms with Gasteiger partial charge in [-0.05, 0) is 30.7 Å². The van der Waals surface area contributed by atoms with Gasteiger partial charge in [0, 0.05) is 0 Å². The molecule has 78 valence electrons. The van der Waals surface area contributed by atoms with Crippen molar-refractivity contribution in [2.75, 3.05) is 7.11 Å². The van der Waals surface area contributed by atoms with Crippen LogP contribution in [0, 0.1) is 0 Å². The summed E-state index contributed by atoms with van der Waals surface area (Å²) in [5.74, 6) is 0.842. The van der Waals surface area contributed by atoms with Crippen LogP contribution in [0.15, 0.2) is 30.5 Å². The van der Waals surface area contributed by atoms with E-state index in [4.69, 9.17) is 4.74 Å². The maximum atomic E-state index is 5.09. The first kappa shape index (κ1) is 9.71. The van der Waals surface area contributed by atoms with Crippen molar-refractivity contribution >= 4 is 0 Å². The minimum Gasteiger partial charge on any atom is -0.497 e. The zero-order valence-electron chi connectivity index (χ0n) is 8.84. The second-order valence-corrected chi connectivity index (χ2v) is 3.21. The molecule has 0 saturated carbocycles. The minimum absolute atomic E-state index is 0.842. The van der Waals surface area contributed by atoms with Crippen LogP contribution >= 0.6 is 0 Å². The van der Waals surface area contributed by atoms with Crippen LogP contribution in [-0.4, -0.2) is 22.1 Å². The van der Waals surface area contributed by atoms with Crippen molar-refractivity contribution in [3.63, 3.8) is 0 Å². The zero-order chi connectivity index (χ0) is 10.7. The predicted molar refractivity (Wildman–Crippen MR) is 57.3 cm³/mol. The molecule has 0 radical (unpaired) electrons. The average molecular weight is 203 g/mol. The van der Waals surface area contributed by atoms with E-state index in [0.29, 0.717) is 0 Å². The summed E-state index contributed by atoms with van der Waals surface area (Å²) in [5.41, 5.74) is 1.98. The summed E-state index contributed by atoms with van der Waals surface area (Å²) in [6.07, 6.45) is 2.83. The monoisotopic (exact) mass is 203 g/mol. The maximum absolute atomic E-state index is 5.09. The molecule has 0 aliphatic carbocycles. The SMILES string of the molecule is CCc1cn(-c2ccc(OC)cc2)nn1. The molecule has 0 amide bonds. The third kappa shape index (κ3) is 1.98. The van der Waals surface area contributed by atoms with Crippen molar-refractivity contribution < 1.29 is 4.74 Å². The summed E-state index contributed by atoms with van der Waals surface area (Å²) in [6, 6.07) is 7.71. The molecule has 1 aromatic heterocycles. The van der Waals surface area contributed by atoms with Crippen LogP contribution < -0.4 is 4.74 Å². The zero-order valence-corrected chi connectivity index (χ0v) is 8.84. The molecule has 0 saturated heterocycles.